The molecule has 2 saturated heterocycles. The molecule has 3 rings (SSSR count). The molecule has 2 aliphatic heterocycles. The Morgan fingerprint density at radius 2 is 1.77 bits per heavy atom. The second-order valence-corrected chi connectivity index (χ2v) is 6.63. The van der Waals surface area contributed by atoms with Gasteiger partial charge in [0.2, 0.25) is 0 Å². The van der Waals surface area contributed by atoms with Crippen molar-refractivity contribution in [3.05, 3.63) is 35.4 Å². The number of carbonyl (C=O) groups excluding carboxylic acids is 1. The Balaban J connectivity index is 1.82. The largest absolute Gasteiger partial charge is 0.333 e. The summed E-state index contributed by atoms with van der Waals surface area (Å²) in [6, 6.07) is 9.14. The molecule has 0 aromatic heterocycles. The maximum absolute atomic E-state index is 12.9. The fraction of sp³-hybridized carbons (Fsp3) is 0.556. The van der Waals surface area contributed by atoms with Gasteiger partial charge in [-0.1, -0.05) is 0 Å². The summed E-state index contributed by atoms with van der Waals surface area (Å²) in [5, 5.41) is 8.88. The van der Waals surface area contributed by atoms with E-state index >= 15 is 0 Å². The first-order valence-electron chi connectivity index (χ1n) is 8.15. The molecule has 1 atom stereocenters. The fourth-order valence-corrected chi connectivity index (χ4v) is 3.93. The number of likely N-dealkylation sites (tertiary alicyclic amines) is 2. The van der Waals surface area contributed by atoms with Gasteiger partial charge in [-0.15, -0.1) is 0 Å². The highest BCUT2D eigenvalue weighted by Gasteiger charge is 2.43. The third-order valence-electron chi connectivity index (χ3n) is 5.24. The lowest BCUT2D eigenvalue weighted by molar-refractivity contribution is 0.0560. The third kappa shape index (κ3) is 2.74. The second-order valence-electron chi connectivity index (χ2n) is 6.63. The van der Waals surface area contributed by atoms with Gasteiger partial charge in [0, 0.05) is 24.2 Å². The molecule has 1 aromatic rings. The van der Waals surface area contributed by atoms with Gasteiger partial charge in [0.15, 0.2) is 0 Å². The Labute approximate surface area is 132 Å². The first kappa shape index (κ1) is 15.1. The van der Waals surface area contributed by atoms with Crippen molar-refractivity contribution in [3.8, 4) is 6.07 Å². The molecule has 116 valence electrons. The average molecular weight is 297 g/mol. The number of rotatable bonds is 1. The van der Waals surface area contributed by atoms with Gasteiger partial charge in [0.05, 0.1) is 11.6 Å². The van der Waals surface area contributed by atoms with Crippen molar-refractivity contribution in [2.24, 2.45) is 0 Å². The minimum atomic E-state index is 0.0513. The highest BCUT2D eigenvalue weighted by molar-refractivity contribution is 5.95. The first-order valence-corrected chi connectivity index (χ1v) is 8.15. The minimum Gasteiger partial charge on any atom is -0.333 e. The number of carbonyl (C=O) groups is 1. The van der Waals surface area contributed by atoms with Crippen LogP contribution in [-0.2, 0) is 0 Å². The quantitative estimate of drug-likeness (QED) is 0.800. The van der Waals surface area contributed by atoms with Gasteiger partial charge in [-0.05, 0) is 70.0 Å². The molecule has 22 heavy (non-hydrogen) atoms. The molecule has 0 radical (unpaired) electrons. The van der Waals surface area contributed by atoms with Gasteiger partial charge >= 0.3 is 0 Å². The van der Waals surface area contributed by atoms with E-state index in [-0.39, 0.29) is 11.4 Å². The summed E-state index contributed by atoms with van der Waals surface area (Å²) in [5.41, 5.74) is 1.36. The number of benzene rings is 1. The smallest absolute Gasteiger partial charge is 0.254 e. The molecule has 2 heterocycles. The zero-order valence-corrected chi connectivity index (χ0v) is 13.2. The average Bonchev–Trinajstić information content (AvgIpc) is 2.86. The highest BCUT2D eigenvalue weighted by atomic mass is 16.2. The summed E-state index contributed by atoms with van der Waals surface area (Å²) in [6.45, 7) is 3.06. The Morgan fingerprint density at radius 3 is 2.45 bits per heavy atom. The molecule has 0 bridgehead atoms. The number of nitriles is 1. The van der Waals surface area contributed by atoms with Gasteiger partial charge in [-0.3, -0.25) is 4.79 Å². The zero-order valence-electron chi connectivity index (χ0n) is 13.2. The van der Waals surface area contributed by atoms with E-state index in [0.29, 0.717) is 11.1 Å². The fourth-order valence-electron chi connectivity index (χ4n) is 3.93. The Kier molecular flexibility index (Phi) is 4.17. The van der Waals surface area contributed by atoms with Gasteiger partial charge < -0.3 is 9.80 Å². The summed E-state index contributed by atoms with van der Waals surface area (Å²) in [6.07, 6.45) is 5.58. The number of amides is 1. The zero-order chi connectivity index (χ0) is 15.6. The van der Waals surface area contributed by atoms with Gasteiger partial charge in [0.25, 0.3) is 5.91 Å². The predicted molar refractivity (Wildman–Crippen MR) is 85.5 cm³/mol. The molecule has 2 aliphatic rings. The molecule has 1 amide bonds. The van der Waals surface area contributed by atoms with Crippen LogP contribution in [0.3, 0.4) is 0 Å². The molecule has 0 N–H and O–H groups in total. The van der Waals surface area contributed by atoms with E-state index in [4.69, 9.17) is 5.26 Å². The van der Waals surface area contributed by atoms with Crippen LogP contribution in [0.4, 0.5) is 0 Å². The monoisotopic (exact) mass is 297 g/mol. The van der Waals surface area contributed by atoms with Crippen LogP contribution in [0.15, 0.2) is 24.3 Å². The highest BCUT2D eigenvalue weighted by Crippen LogP contribution is 2.39. The first-order chi connectivity index (χ1) is 10.6. The van der Waals surface area contributed by atoms with Gasteiger partial charge in [-0.25, -0.2) is 0 Å². The van der Waals surface area contributed by atoms with E-state index in [1.54, 1.807) is 24.3 Å². The SMILES string of the molecule is CN1CCC[C@]2(CCCN2C(=O)c2ccc(C#N)cc2)CC1. The van der Waals surface area contributed by atoms with Crippen LogP contribution in [0, 0.1) is 11.3 Å². The summed E-state index contributed by atoms with van der Waals surface area (Å²) in [5.74, 6) is 0.131. The standard InChI is InChI=1S/C18H23N3O/c1-20-11-2-8-18(10-13-20)9-3-12-21(18)17(22)16-6-4-15(14-19)5-7-16/h4-7H,2-3,8-13H2,1H3/t18-/m0/s1. The van der Waals surface area contributed by atoms with Crippen molar-refractivity contribution >= 4 is 5.91 Å². The molecule has 0 aliphatic carbocycles. The molecule has 4 nitrogen and oxygen atoms in total. The van der Waals surface area contributed by atoms with Crippen LogP contribution in [0.1, 0.15) is 48.0 Å². The number of hydrogen-bond acceptors (Lipinski definition) is 3. The van der Waals surface area contributed by atoms with E-state index in [1.807, 2.05) is 0 Å². The summed E-state index contributed by atoms with van der Waals surface area (Å²) in [4.78, 5) is 17.4. The van der Waals surface area contributed by atoms with Crippen LogP contribution in [0.2, 0.25) is 0 Å². The summed E-state index contributed by atoms with van der Waals surface area (Å²) >= 11 is 0. The lowest BCUT2D eigenvalue weighted by Gasteiger charge is -2.38. The van der Waals surface area contributed by atoms with Crippen molar-refractivity contribution in [1.82, 2.24) is 9.80 Å². The predicted octanol–water partition coefficient (Wildman–Crippen LogP) is 2.65. The van der Waals surface area contributed by atoms with Crippen molar-refractivity contribution in [2.45, 2.75) is 37.6 Å². The maximum atomic E-state index is 12.9. The van der Waals surface area contributed by atoms with E-state index in [0.717, 1.165) is 51.7 Å². The van der Waals surface area contributed by atoms with E-state index < -0.39 is 0 Å². The Morgan fingerprint density at radius 1 is 1.09 bits per heavy atom. The van der Waals surface area contributed by atoms with E-state index in [2.05, 4.69) is 22.9 Å². The van der Waals surface area contributed by atoms with Gasteiger partial charge in [0.1, 0.15) is 0 Å². The van der Waals surface area contributed by atoms with Crippen molar-refractivity contribution in [1.29, 1.82) is 5.26 Å². The van der Waals surface area contributed by atoms with Crippen LogP contribution in [0.5, 0.6) is 0 Å². The molecule has 0 saturated carbocycles. The van der Waals surface area contributed by atoms with Gasteiger partial charge in [-0.2, -0.15) is 5.26 Å². The molecular weight excluding hydrogens is 274 g/mol. The van der Waals surface area contributed by atoms with Crippen LogP contribution in [0.25, 0.3) is 0 Å². The van der Waals surface area contributed by atoms with E-state index in [1.165, 1.54) is 0 Å². The maximum Gasteiger partial charge on any atom is 0.254 e. The normalized spacial score (nSPS) is 25.9. The Bertz CT molecular complexity index is 589. The van der Waals surface area contributed by atoms with Crippen molar-refractivity contribution in [3.63, 3.8) is 0 Å². The molecule has 1 spiro atoms. The Hall–Kier alpha value is -1.86. The van der Waals surface area contributed by atoms with Crippen LogP contribution in [-0.4, -0.2) is 47.9 Å². The topological polar surface area (TPSA) is 47.3 Å². The summed E-state index contributed by atoms with van der Waals surface area (Å²) in [7, 11) is 2.17. The number of hydrogen-bond donors (Lipinski definition) is 0. The third-order valence-corrected chi connectivity index (χ3v) is 5.24. The molecular formula is C18H23N3O. The van der Waals surface area contributed by atoms with E-state index in [9.17, 15) is 4.79 Å². The van der Waals surface area contributed by atoms with Crippen molar-refractivity contribution < 1.29 is 4.79 Å². The molecule has 1 aromatic carbocycles. The lowest BCUT2D eigenvalue weighted by Crippen LogP contribution is -2.47. The van der Waals surface area contributed by atoms with Crippen LogP contribution >= 0.6 is 0 Å². The number of nitrogens with zero attached hydrogens (tertiary/aromatic N) is 3. The van der Waals surface area contributed by atoms with Crippen molar-refractivity contribution in [2.75, 3.05) is 26.7 Å². The minimum absolute atomic E-state index is 0.0513. The molecule has 4 heteroatoms. The van der Waals surface area contributed by atoms with Crippen LogP contribution < -0.4 is 0 Å². The summed E-state index contributed by atoms with van der Waals surface area (Å²) < 4.78 is 0. The molecule has 0 unspecified atom stereocenters. The molecule has 2 fully saturated rings. The second kappa shape index (κ2) is 6.10. The lowest BCUT2D eigenvalue weighted by atomic mass is 9.87.